The highest BCUT2D eigenvalue weighted by Gasteiger charge is 2.33. The van der Waals surface area contributed by atoms with E-state index in [2.05, 4.69) is 20.3 Å². The first-order chi connectivity index (χ1) is 16.5. The Morgan fingerprint density at radius 3 is 2.85 bits per heavy atom. The molecule has 2 amide bonds. The smallest absolute Gasteiger partial charge is 0.257 e. The number of anilines is 1. The minimum absolute atomic E-state index is 0.0878. The van der Waals surface area contributed by atoms with Crippen molar-refractivity contribution in [1.82, 2.24) is 24.6 Å². The number of nitrogens with one attached hydrogen (secondary N) is 1. The van der Waals surface area contributed by atoms with E-state index in [1.165, 1.54) is 6.33 Å². The number of rotatable bonds is 3. The fraction of sp³-hybridized carbons (Fsp3) is 0.333. The molecule has 0 unspecified atom stereocenters. The van der Waals surface area contributed by atoms with Crippen molar-refractivity contribution in [3.63, 3.8) is 0 Å². The van der Waals surface area contributed by atoms with Crippen LogP contribution in [0.15, 0.2) is 48.8 Å². The van der Waals surface area contributed by atoms with E-state index >= 15 is 0 Å². The number of amides is 2. The molecule has 0 aliphatic carbocycles. The Labute approximate surface area is 197 Å². The van der Waals surface area contributed by atoms with Crippen molar-refractivity contribution in [3.05, 3.63) is 54.4 Å². The van der Waals surface area contributed by atoms with Gasteiger partial charge in [0.2, 0.25) is 5.91 Å². The molecule has 1 aromatic heterocycles. The molecule has 3 heterocycles. The molecule has 34 heavy (non-hydrogen) atoms. The van der Waals surface area contributed by atoms with Crippen molar-refractivity contribution in [2.75, 3.05) is 45.2 Å². The number of carbonyl (C=O) groups is 2. The first-order valence-electron chi connectivity index (χ1n) is 11.1. The number of hydrogen-bond acceptors (Lipinski definition) is 7. The van der Waals surface area contributed by atoms with E-state index in [-0.39, 0.29) is 24.4 Å². The van der Waals surface area contributed by atoms with Crippen LogP contribution >= 0.6 is 0 Å². The standard InChI is InChI=1S/C24H26N6O4/c1-28-23(25-15-26-28)16-7-8-21-19(11-16)27-22(31)13-29-9-10-30(12-17(29)14-34-21)24(32)18-5-3-4-6-20(18)33-2/h3-8,11,15,17H,9-10,12-14H2,1-2H3,(H,27,31)/t17-/m1/s1. The van der Waals surface area contributed by atoms with Crippen LogP contribution in [0.2, 0.25) is 0 Å². The van der Waals surface area contributed by atoms with Gasteiger partial charge in [-0.2, -0.15) is 5.10 Å². The number of aryl methyl sites for hydroxylation is 1. The van der Waals surface area contributed by atoms with Crippen LogP contribution in [0.4, 0.5) is 5.69 Å². The van der Waals surface area contributed by atoms with Gasteiger partial charge in [0.05, 0.1) is 30.9 Å². The summed E-state index contributed by atoms with van der Waals surface area (Å²) in [5.41, 5.74) is 1.95. The Morgan fingerprint density at radius 2 is 2.06 bits per heavy atom. The van der Waals surface area contributed by atoms with Crippen LogP contribution in [0.1, 0.15) is 10.4 Å². The molecule has 5 rings (SSSR count). The highest BCUT2D eigenvalue weighted by atomic mass is 16.5. The third-order valence-electron chi connectivity index (χ3n) is 6.23. The zero-order valence-electron chi connectivity index (χ0n) is 19.1. The minimum Gasteiger partial charge on any atom is -0.496 e. The molecule has 0 saturated carbocycles. The summed E-state index contributed by atoms with van der Waals surface area (Å²) >= 11 is 0. The Morgan fingerprint density at radius 1 is 1.21 bits per heavy atom. The third kappa shape index (κ3) is 4.19. The molecule has 0 radical (unpaired) electrons. The number of para-hydroxylation sites is 1. The van der Waals surface area contributed by atoms with Crippen LogP contribution in [0, 0.1) is 0 Å². The van der Waals surface area contributed by atoms with E-state index in [9.17, 15) is 9.59 Å². The van der Waals surface area contributed by atoms with E-state index in [0.717, 1.165) is 5.56 Å². The summed E-state index contributed by atoms with van der Waals surface area (Å²) in [5, 5.41) is 7.08. The third-order valence-corrected chi connectivity index (χ3v) is 6.23. The van der Waals surface area contributed by atoms with Gasteiger partial charge in [-0.05, 0) is 30.3 Å². The lowest BCUT2D eigenvalue weighted by Gasteiger charge is -2.40. The number of fused-ring (bicyclic) bond motifs is 2. The lowest BCUT2D eigenvalue weighted by molar-refractivity contribution is -0.118. The van der Waals surface area contributed by atoms with Crippen molar-refractivity contribution in [2.24, 2.45) is 7.05 Å². The van der Waals surface area contributed by atoms with Gasteiger partial charge in [0.15, 0.2) is 5.82 Å². The number of carbonyl (C=O) groups excluding carboxylic acids is 2. The van der Waals surface area contributed by atoms with Crippen molar-refractivity contribution < 1.29 is 19.1 Å². The van der Waals surface area contributed by atoms with Crippen molar-refractivity contribution >= 4 is 17.5 Å². The molecular weight excluding hydrogens is 436 g/mol. The SMILES string of the molecule is COc1ccccc1C(=O)N1CCN2CC(=O)Nc3cc(-c4ncnn4C)ccc3OC[C@H]2C1. The normalized spacial score (nSPS) is 18.5. The molecule has 2 aliphatic heterocycles. The van der Waals surface area contributed by atoms with Gasteiger partial charge in [0.1, 0.15) is 24.4 Å². The highest BCUT2D eigenvalue weighted by Crippen LogP contribution is 2.31. The monoisotopic (exact) mass is 462 g/mol. The number of methoxy groups -OCH3 is 1. The van der Waals surface area contributed by atoms with Crippen molar-refractivity contribution in [1.29, 1.82) is 0 Å². The van der Waals surface area contributed by atoms with Crippen LogP contribution in [0.5, 0.6) is 11.5 Å². The average Bonchev–Trinajstić information content (AvgIpc) is 3.30. The Bertz CT molecular complexity index is 1230. The highest BCUT2D eigenvalue weighted by molar-refractivity contribution is 5.97. The van der Waals surface area contributed by atoms with Gasteiger partial charge < -0.3 is 19.7 Å². The molecule has 0 spiro atoms. The largest absolute Gasteiger partial charge is 0.496 e. The summed E-state index contributed by atoms with van der Waals surface area (Å²) in [6.45, 7) is 2.11. The number of aromatic nitrogens is 3. The average molecular weight is 463 g/mol. The molecular formula is C24H26N6O4. The predicted molar refractivity (Wildman–Crippen MR) is 125 cm³/mol. The lowest BCUT2D eigenvalue weighted by atomic mass is 10.1. The summed E-state index contributed by atoms with van der Waals surface area (Å²) in [4.78, 5) is 34.2. The quantitative estimate of drug-likeness (QED) is 0.632. The Balaban J connectivity index is 1.36. The van der Waals surface area contributed by atoms with Crippen LogP contribution in [-0.4, -0.2) is 82.3 Å². The number of nitrogens with zero attached hydrogens (tertiary/aromatic N) is 5. The van der Waals surface area contributed by atoms with E-state index in [1.54, 1.807) is 28.8 Å². The minimum atomic E-state index is -0.128. The number of piperazine rings is 1. The van der Waals surface area contributed by atoms with E-state index < -0.39 is 0 Å². The summed E-state index contributed by atoms with van der Waals surface area (Å²) in [6.07, 6.45) is 1.49. The number of hydrogen-bond donors (Lipinski definition) is 1. The Kier molecular flexibility index (Phi) is 5.89. The zero-order chi connectivity index (χ0) is 23.7. The first-order valence-corrected chi connectivity index (χ1v) is 11.1. The second-order valence-electron chi connectivity index (χ2n) is 8.35. The number of benzene rings is 2. The van der Waals surface area contributed by atoms with Crippen LogP contribution < -0.4 is 14.8 Å². The maximum Gasteiger partial charge on any atom is 0.257 e. The van der Waals surface area contributed by atoms with E-state index in [4.69, 9.17) is 9.47 Å². The van der Waals surface area contributed by atoms with Gasteiger partial charge in [-0.25, -0.2) is 9.67 Å². The maximum atomic E-state index is 13.2. The summed E-state index contributed by atoms with van der Waals surface area (Å²) in [6, 6.07) is 12.7. The van der Waals surface area contributed by atoms with E-state index in [1.807, 2.05) is 37.4 Å². The zero-order valence-corrected chi connectivity index (χ0v) is 19.1. The van der Waals surface area contributed by atoms with Gasteiger partial charge in [-0.15, -0.1) is 0 Å². The van der Waals surface area contributed by atoms with Gasteiger partial charge in [-0.3, -0.25) is 14.5 Å². The van der Waals surface area contributed by atoms with Gasteiger partial charge in [-0.1, -0.05) is 12.1 Å². The second kappa shape index (κ2) is 9.14. The summed E-state index contributed by atoms with van der Waals surface area (Å²) < 4.78 is 13.2. The maximum absolute atomic E-state index is 13.2. The van der Waals surface area contributed by atoms with Crippen LogP contribution in [0.25, 0.3) is 11.4 Å². The van der Waals surface area contributed by atoms with E-state index in [0.29, 0.717) is 54.8 Å². The van der Waals surface area contributed by atoms with Crippen molar-refractivity contribution in [2.45, 2.75) is 6.04 Å². The second-order valence-corrected chi connectivity index (χ2v) is 8.35. The molecule has 2 aromatic carbocycles. The molecule has 3 aromatic rings. The molecule has 1 atom stereocenters. The van der Waals surface area contributed by atoms with Gasteiger partial charge >= 0.3 is 0 Å². The fourth-order valence-electron chi connectivity index (χ4n) is 4.45. The molecule has 10 nitrogen and oxygen atoms in total. The summed E-state index contributed by atoms with van der Waals surface area (Å²) in [5.74, 6) is 1.60. The molecule has 176 valence electrons. The molecule has 10 heteroatoms. The van der Waals surface area contributed by atoms with Gasteiger partial charge in [0.25, 0.3) is 5.91 Å². The van der Waals surface area contributed by atoms with Crippen LogP contribution in [-0.2, 0) is 11.8 Å². The molecule has 1 N–H and O–H groups in total. The fourth-order valence-corrected chi connectivity index (χ4v) is 4.45. The van der Waals surface area contributed by atoms with Crippen LogP contribution in [0.3, 0.4) is 0 Å². The molecule has 1 saturated heterocycles. The first kappa shape index (κ1) is 21.9. The molecule has 0 bridgehead atoms. The van der Waals surface area contributed by atoms with Gasteiger partial charge in [0, 0.05) is 32.2 Å². The van der Waals surface area contributed by atoms with Crippen molar-refractivity contribution in [3.8, 4) is 22.9 Å². The number of ether oxygens (including phenoxy) is 2. The predicted octanol–water partition coefficient (Wildman–Crippen LogP) is 1.65. The summed E-state index contributed by atoms with van der Waals surface area (Å²) in [7, 11) is 3.37. The topological polar surface area (TPSA) is 102 Å². The molecule has 2 aliphatic rings. The molecule has 1 fully saturated rings. The lowest BCUT2D eigenvalue weighted by Crippen LogP contribution is -2.57. The Hall–Kier alpha value is -3.92.